The first-order valence-electron chi connectivity index (χ1n) is 6.01. The van der Waals surface area contributed by atoms with Gasteiger partial charge in [-0.2, -0.15) is 0 Å². The first kappa shape index (κ1) is 13.5. The van der Waals surface area contributed by atoms with Gasteiger partial charge in [-0.1, -0.05) is 32.0 Å². The summed E-state index contributed by atoms with van der Waals surface area (Å²) in [4.78, 5) is 4.30. The van der Waals surface area contributed by atoms with Crippen molar-refractivity contribution >= 4 is 22.6 Å². The summed E-state index contributed by atoms with van der Waals surface area (Å²) in [6, 6.07) is 6.67. The lowest BCUT2D eigenvalue weighted by molar-refractivity contribution is 0.562. The third kappa shape index (κ3) is 2.92. The average Bonchev–Trinajstić information content (AvgIpc) is 2.78. The Kier molecular flexibility index (Phi) is 4.40. The Labute approximate surface area is 121 Å². The zero-order valence-electron chi connectivity index (χ0n) is 10.8. The molecule has 96 valence electrons. The molecule has 0 atom stereocenters. The topological polar surface area (TPSA) is 38.1 Å². The van der Waals surface area contributed by atoms with E-state index in [2.05, 4.69) is 71.9 Å². The van der Waals surface area contributed by atoms with E-state index >= 15 is 0 Å². The standard InChI is InChI=1S/C14H17IN2O/c1-9(2)16-7-12-14(18-8-17-12)11-6-4-5-10(3)13(11)15/h4-6,8-9,16H,7H2,1-3H3. The largest absolute Gasteiger partial charge is 0.443 e. The fourth-order valence-electron chi connectivity index (χ4n) is 1.74. The minimum atomic E-state index is 0.436. The maximum Gasteiger partial charge on any atom is 0.181 e. The van der Waals surface area contributed by atoms with Gasteiger partial charge in [0.1, 0.15) is 5.69 Å². The Hall–Kier alpha value is -0.880. The van der Waals surface area contributed by atoms with Gasteiger partial charge in [-0.25, -0.2) is 4.98 Å². The number of halogens is 1. The average molecular weight is 356 g/mol. The number of oxazole rings is 1. The first-order chi connectivity index (χ1) is 8.59. The second-order valence-corrected chi connectivity index (χ2v) is 5.68. The second-order valence-electron chi connectivity index (χ2n) is 4.60. The Balaban J connectivity index is 2.33. The van der Waals surface area contributed by atoms with Crippen LogP contribution < -0.4 is 5.32 Å². The van der Waals surface area contributed by atoms with Crippen LogP contribution in [0.5, 0.6) is 0 Å². The second kappa shape index (κ2) is 5.84. The Morgan fingerprint density at radius 3 is 2.89 bits per heavy atom. The van der Waals surface area contributed by atoms with E-state index in [0.29, 0.717) is 6.04 Å². The van der Waals surface area contributed by atoms with Crippen LogP contribution in [0.4, 0.5) is 0 Å². The quantitative estimate of drug-likeness (QED) is 0.848. The van der Waals surface area contributed by atoms with Crippen LogP contribution in [0.25, 0.3) is 11.3 Å². The van der Waals surface area contributed by atoms with Crippen LogP contribution in [-0.2, 0) is 6.54 Å². The Morgan fingerprint density at radius 2 is 2.17 bits per heavy atom. The van der Waals surface area contributed by atoms with Crippen molar-refractivity contribution < 1.29 is 4.42 Å². The van der Waals surface area contributed by atoms with Crippen LogP contribution in [0.1, 0.15) is 25.1 Å². The molecule has 0 spiro atoms. The summed E-state index contributed by atoms with van der Waals surface area (Å²) in [5.41, 5.74) is 3.34. The van der Waals surface area contributed by atoms with Gasteiger partial charge in [0, 0.05) is 21.7 Å². The molecular formula is C14H17IN2O. The highest BCUT2D eigenvalue weighted by Crippen LogP contribution is 2.29. The number of rotatable bonds is 4. The van der Waals surface area contributed by atoms with Crippen LogP contribution in [-0.4, -0.2) is 11.0 Å². The van der Waals surface area contributed by atoms with Crippen molar-refractivity contribution in [1.82, 2.24) is 10.3 Å². The van der Waals surface area contributed by atoms with Gasteiger partial charge in [0.15, 0.2) is 12.2 Å². The van der Waals surface area contributed by atoms with Gasteiger partial charge < -0.3 is 9.73 Å². The summed E-state index contributed by atoms with van der Waals surface area (Å²) in [5, 5.41) is 3.37. The van der Waals surface area contributed by atoms with E-state index in [1.54, 1.807) is 0 Å². The normalized spacial score (nSPS) is 11.2. The summed E-state index contributed by atoms with van der Waals surface area (Å²) >= 11 is 2.36. The van der Waals surface area contributed by atoms with Crippen LogP contribution in [0.2, 0.25) is 0 Å². The van der Waals surface area contributed by atoms with Gasteiger partial charge in [-0.3, -0.25) is 0 Å². The monoisotopic (exact) mass is 356 g/mol. The molecule has 0 amide bonds. The van der Waals surface area contributed by atoms with Gasteiger partial charge in [-0.05, 0) is 35.1 Å². The zero-order chi connectivity index (χ0) is 13.1. The maximum absolute atomic E-state index is 5.56. The predicted octanol–water partition coefficient (Wildman–Crippen LogP) is 3.75. The molecule has 0 saturated carbocycles. The molecule has 0 bridgehead atoms. The molecule has 0 unspecified atom stereocenters. The number of benzene rings is 1. The molecular weight excluding hydrogens is 339 g/mol. The SMILES string of the molecule is Cc1cccc(-c2ocnc2CNC(C)C)c1I. The van der Waals surface area contributed by atoms with Crippen molar-refractivity contribution in [2.45, 2.75) is 33.4 Å². The van der Waals surface area contributed by atoms with Gasteiger partial charge in [0.05, 0.1) is 0 Å². The highest BCUT2D eigenvalue weighted by molar-refractivity contribution is 14.1. The molecule has 0 saturated heterocycles. The number of nitrogens with zero attached hydrogens (tertiary/aromatic N) is 1. The highest BCUT2D eigenvalue weighted by Gasteiger charge is 2.14. The van der Waals surface area contributed by atoms with E-state index in [-0.39, 0.29) is 0 Å². The minimum Gasteiger partial charge on any atom is -0.443 e. The molecule has 2 rings (SSSR count). The molecule has 0 aliphatic heterocycles. The van der Waals surface area contributed by atoms with Crippen LogP contribution >= 0.6 is 22.6 Å². The molecule has 1 aromatic heterocycles. The molecule has 3 nitrogen and oxygen atoms in total. The third-order valence-corrected chi connectivity index (χ3v) is 4.19. The summed E-state index contributed by atoms with van der Waals surface area (Å²) in [6.07, 6.45) is 1.52. The molecule has 0 fully saturated rings. The first-order valence-corrected chi connectivity index (χ1v) is 7.08. The lowest BCUT2D eigenvalue weighted by Gasteiger charge is -2.09. The number of hydrogen-bond donors (Lipinski definition) is 1. The minimum absolute atomic E-state index is 0.436. The molecule has 0 aliphatic rings. The van der Waals surface area contributed by atoms with Crippen molar-refractivity contribution in [2.24, 2.45) is 0 Å². The molecule has 1 aromatic carbocycles. The van der Waals surface area contributed by atoms with E-state index in [9.17, 15) is 0 Å². The van der Waals surface area contributed by atoms with Crippen LogP contribution in [0.15, 0.2) is 29.0 Å². The van der Waals surface area contributed by atoms with Crippen molar-refractivity contribution in [3.05, 3.63) is 39.4 Å². The number of aromatic nitrogens is 1. The van der Waals surface area contributed by atoms with E-state index < -0.39 is 0 Å². The maximum atomic E-state index is 5.56. The highest BCUT2D eigenvalue weighted by atomic mass is 127. The van der Waals surface area contributed by atoms with E-state index in [4.69, 9.17) is 4.42 Å². The lowest BCUT2D eigenvalue weighted by atomic mass is 10.1. The lowest BCUT2D eigenvalue weighted by Crippen LogP contribution is -2.22. The van der Waals surface area contributed by atoms with Gasteiger partial charge in [-0.15, -0.1) is 0 Å². The molecule has 4 heteroatoms. The third-order valence-electron chi connectivity index (χ3n) is 2.76. The summed E-state index contributed by atoms with van der Waals surface area (Å²) < 4.78 is 6.78. The van der Waals surface area contributed by atoms with Crippen LogP contribution in [0, 0.1) is 10.5 Å². The number of nitrogens with one attached hydrogen (secondary N) is 1. The molecule has 2 aromatic rings. The molecule has 0 aliphatic carbocycles. The number of hydrogen-bond acceptors (Lipinski definition) is 3. The summed E-state index contributed by atoms with van der Waals surface area (Å²) in [7, 11) is 0. The van der Waals surface area contributed by atoms with E-state index in [1.165, 1.54) is 15.5 Å². The van der Waals surface area contributed by atoms with Crippen LogP contribution in [0.3, 0.4) is 0 Å². The van der Waals surface area contributed by atoms with Crippen molar-refractivity contribution in [3.63, 3.8) is 0 Å². The van der Waals surface area contributed by atoms with Crippen molar-refractivity contribution in [2.75, 3.05) is 0 Å². The fourth-order valence-corrected chi connectivity index (χ4v) is 2.34. The van der Waals surface area contributed by atoms with E-state index in [0.717, 1.165) is 23.6 Å². The zero-order valence-corrected chi connectivity index (χ0v) is 13.0. The smallest absolute Gasteiger partial charge is 0.181 e. The van der Waals surface area contributed by atoms with Gasteiger partial charge >= 0.3 is 0 Å². The number of aryl methyl sites for hydroxylation is 1. The summed E-state index contributed by atoms with van der Waals surface area (Å²) in [6.45, 7) is 7.08. The van der Waals surface area contributed by atoms with Crippen molar-refractivity contribution in [1.29, 1.82) is 0 Å². The summed E-state index contributed by atoms with van der Waals surface area (Å²) in [5.74, 6) is 0.872. The van der Waals surface area contributed by atoms with Gasteiger partial charge in [0.25, 0.3) is 0 Å². The van der Waals surface area contributed by atoms with Crippen molar-refractivity contribution in [3.8, 4) is 11.3 Å². The molecule has 1 N–H and O–H groups in total. The molecule has 18 heavy (non-hydrogen) atoms. The molecule has 0 radical (unpaired) electrons. The Bertz CT molecular complexity index is 534. The Morgan fingerprint density at radius 1 is 1.39 bits per heavy atom. The van der Waals surface area contributed by atoms with Gasteiger partial charge in [0.2, 0.25) is 0 Å². The molecule has 1 heterocycles. The van der Waals surface area contributed by atoms with E-state index in [1.807, 2.05) is 0 Å². The fraction of sp³-hybridized carbons (Fsp3) is 0.357. The predicted molar refractivity (Wildman–Crippen MR) is 81.4 cm³/mol.